The molecule has 118 valence electrons. The molecule has 22 heavy (non-hydrogen) atoms. The lowest BCUT2D eigenvalue weighted by molar-refractivity contribution is -0.137. The summed E-state index contributed by atoms with van der Waals surface area (Å²) in [6.45, 7) is 0.379. The molecule has 0 fully saturated rings. The summed E-state index contributed by atoms with van der Waals surface area (Å²) in [4.78, 5) is 0. The Morgan fingerprint density at radius 1 is 1.09 bits per heavy atom. The Kier molecular flexibility index (Phi) is 4.92. The zero-order valence-electron chi connectivity index (χ0n) is 11.7. The molecule has 0 aliphatic rings. The van der Waals surface area contributed by atoms with Crippen LogP contribution >= 0.6 is 0 Å². The van der Waals surface area contributed by atoms with Crippen molar-refractivity contribution in [3.8, 4) is 11.5 Å². The highest BCUT2D eigenvalue weighted by atomic mass is 19.4. The third-order valence-corrected chi connectivity index (χ3v) is 3.24. The average Bonchev–Trinajstić information content (AvgIpc) is 2.47. The molecule has 1 atom stereocenters. The number of halogens is 3. The highest BCUT2D eigenvalue weighted by Gasteiger charge is 2.30. The highest BCUT2D eigenvalue weighted by Crippen LogP contribution is 2.31. The Balaban J connectivity index is 2.08. The monoisotopic (exact) mass is 311 g/mol. The average molecular weight is 311 g/mol. The molecule has 0 spiro atoms. The fourth-order valence-corrected chi connectivity index (χ4v) is 2.04. The maximum Gasteiger partial charge on any atom is 0.416 e. The summed E-state index contributed by atoms with van der Waals surface area (Å²) in [5.74, 6) is 0.0186. The molecule has 0 heterocycles. The lowest BCUT2D eigenvalue weighted by Crippen LogP contribution is -2.19. The molecule has 0 saturated heterocycles. The van der Waals surface area contributed by atoms with Crippen molar-refractivity contribution < 1.29 is 23.0 Å². The molecule has 3 N–H and O–H groups in total. The Hall–Kier alpha value is -2.21. The van der Waals surface area contributed by atoms with Crippen LogP contribution in [0.25, 0.3) is 0 Å². The third kappa shape index (κ3) is 4.14. The first-order valence-corrected chi connectivity index (χ1v) is 6.69. The van der Waals surface area contributed by atoms with Crippen LogP contribution in [0.4, 0.5) is 13.2 Å². The van der Waals surface area contributed by atoms with Crippen molar-refractivity contribution in [2.24, 2.45) is 5.73 Å². The largest absolute Gasteiger partial charge is 0.508 e. The second-order valence-electron chi connectivity index (χ2n) is 4.86. The maximum atomic E-state index is 12.6. The summed E-state index contributed by atoms with van der Waals surface area (Å²) in [6.07, 6.45) is -4.40. The van der Waals surface area contributed by atoms with Gasteiger partial charge in [0.2, 0.25) is 0 Å². The van der Waals surface area contributed by atoms with Crippen molar-refractivity contribution in [3.63, 3.8) is 0 Å². The Morgan fingerprint density at radius 2 is 1.82 bits per heavy atom. The van der Waals surface area contributed by atoms with Crippen molar-refractivity contribution in [3.05, 3.63) is 59.7 Å². The lowest BCUT2D eigenvalue weighted by atomic mass is 10.00. The van der Waals surface area contributed by atoms with Gasteiger partial charge in [-0.05, 0) is 35.9 Å². The van der Waals surface area contributed by atoms with Crippen LogP contribution in [0.15, 0.2) is 48.5 Å². The van der Waals surface area contributed by atoms with E-state index in [4.69, 9.17) is 10.5 Å². The Bertz CT molecular complexity index is 629. The van der Waals surface area contributed by atoms with Gasteiger partial charge in [-0.1, -0.05) is 18.2 Å². The number of rotatable bonds is 5. The minimum atomic E-state index is -4.40. The van der Waals surface area contributed by atoms with Gasteiger partial charge in [0.05, 0.1) is 12.2 Å². The van der Waals surface area contributed by atoms with Gasteiger partial charge in [0.1, 0.15) is 11.5 Å². The minimum Gasteiger partial charge on any atom is -0.508 e. The molecule has 2 rings (SSSR count). The molecule has 0 amide bonds. The maximum absolute atomic E-state index is 12.6. The summed E-state index contributed by atoms with van der Waals surface area (Å²) >= 11 is 0. The highest BCUT2D eigenvalue weighted by molar-refractivity contribution is 5.32. The van der Waals surface area contributed by atoms with Gasteiger partial charge < -0.3 is 15.6 Å². The lowest BCUT2D eigenvalue weighted by Gasteiger charge is -2.17. The molecule has 0 bridgehead atoms. The number of alkyl halides is 3. The molecule has 2 aromatic rings. The van der Waals surface area contributed by atoms with Crippen molar-refractivity contribution in [1.29, 1.82) is 0 Å². The van der Waals surface area contributed by atoms with E-state index in [1.807, 2.05) is 0 Å². The topological polar surface area (TPSA) is 55.5 Å². The van der Waals surface area contributed by atoms with E-state index in [1.165, 1.54) is 18.2 Å². The van der Waals surface area contributed by atoms with Crippen LogP contribution < -0.4 is 10.5 Å². The second-order valence-corrected chi connectivity index (χ2v) is 4.86. The quantitative estimate of drug-likeness (QED) is 0.888. The minimum absolute atomic E-state index is 0.106. The van der Waals surface area contributed by atoms with Crippen molar-refractivity contribution >= 4 is 0 Å². The van der Waals surface area contributed by atoms with Gasteiger partial charge in [-0.15, -0.1) is 0 Å². The van der Waals surface area contributed by atoms with E-state index in [0.29, 0.717) is 0 Å². The van der Waals surface area contributed by atoms with E-state index >= 15 is 0 Å². The molecule has 1 unspecified atom stereocenters. The fraction of sp³-hybridized carbons (Fsp3) is 0.250. The van der Waals surface area contributed by atoms with Crippen LogP contribution in [-0.4, -0.2) is 18.3 Å². The van der Waals surface area contributed by atoms with E-state index in [9.17, 15) is 18.3 Å². The SMILES string of the molecule is NCC(COc1cccc(C(F)(F)F)c1)c1cccc(O)c1. The summed E-state index contributed by atoms with van der Waals surface area (Å²) in [7, 11) is 0. The summed E-state index contributed by atoms with van der Waals surface area (Å²) in [5, 5.41) is 9.46. The van der Waals surface area contributed by atoms with Crippen molar-refractivity contribution in [1.82, 2.24) is 0 Å². The summed E-state index contributed by atoms with van der Waals surface area (Å²) < 4.78 is 43.3. The molecule has 2 aromatic carbocycles. The van der Waals surface area contributed by atoms with Crippen LogP contribution in [-0.2, 0) is 6.18 Å². The molecule has 0 radical (unpaired) electrons. The first-order valence-electron chi connectivity index (χ1n) is 6.69. The molecule has 0 aromatic heterocycles. The van der Waals surface area contributed by atoms with Crippen LogP contribution in [0.1, 0.15) is 17.0 Å². The number of phenols is 1. The third-order valence-electron chi connectivity index (χ3n) is 3.24. The predicted octanol–water partition coefficient (Wildman–Crippen LogP) is 3.53. The van der Waals surface area contributed by atoms with Crippen LogP contribution in [0.5, 0.6) is 11.5 Å². The number of phenolic OH excluding ortho intramolecular Hbond substituents is 1. The molecule has 0 saturated carbocycles. The molecular weight excluding hydrogens is 295 g/mol. The number of ether oxygens (including phenoxy) is 1. The molecule has 3 nitrogen and oxygen atoms in total. The Labute approximate surface area is 126 Å². The van der Waals surface area contributed by atoms with E-state index in [1.54, 1.807) is 18.2 Å². The fourth-order valence-electron chi connectivity index (χ4n) is 2.04. The zero-order chi connectivity index (χ0) is 16.2. The van der Waals surface area contributed by atoms with Crippen LogP contribution in [0.3, 0.4) is 0 Å². The number of hydrogen-bond donors (Lipinski definition) is 2. The van der Waals surface area contributed by atoms with E-state index in [2.05, 4.69) is 0 Å². The molecule has 0 aliphatic carbocycles. The molecule has 0 aliphatic heterocycles. The van der Waals surface area contributed by atoms with Crippen LogP contribution in [0.2, 0.25) is 0 Å². The first-order chi connectivity index (χ1) is 10.4. The summed E-state index contributed by atoms with van der Waals surface area (Å²) in [6, 6.07) is 11.3. The first kappa shape index (κ1) is 16.2. The second kappa shape index (κ2) is 6.70. The number of nitrogens with two attached hydrogens (primary N) is 1. The molecule has 6 heteroatoms. The van der Waals surface area contributed by atoms with Crippen molar-refractivity contribution in [2.75, 3.05) is 13.2 Å². The van der Waals surface area contributed by atoms with Gasteiger partial charge in [0, 0.05) is 12.5 Å². The van der Waals surface area contributed by atoms with E-state index < -0.39 is 11.7 Å². The van der Waals surface area contributed by atoms with Gasteiger partial charge in [0.25, 0.3) is 0 Å². The predicted molar refractivity (Wildman–Crippen MR) is 76.8 cm³/mol. The van der Waals surface area contributed by atoms with Gasteiger partial charge in [-0.2, -0.15) is 13.2 Å². The molecular formula is C16H16F3NO2. The van der Waals surface area contributed by atoms with Gasteiger partial charge >= 0.3 is 6.18 Å². The number of hydrogen-bond acceptors (Lipinski definition) is 3. The van der Waals surface area contributed by atoms with Gasteiger partial charge in [0.15, 0.2) is 0 Å². The van der Waals surface area contributed by atoms with Gasteiger partial charge in [-0.25, -0.2) is 0 Å². The van der Waals surface area contributed by atoms with Crippen LogP contribution in [0, 0.1) is 0 Å². The van der Waals surface area contributed by atoms with Crippen molar-refractivity contribution in [2.45, 2.75) is 12.1 Å². The number of benzene rings is 2. The summed E-state index contributed by atoms with van der Waals surface area (Å²) in [5.41, 5.74) is 5.69. The number of aromatic hydroxyl groups is 1. The van der Waals surface area contributed by atoms with E-state index in [0.717, 1.165) is 17.7 Å². The normalized spacial score (nSPS) is 12.9. The van der Waals surface area contributed by atoms with E-state index in [-0.39, 0.29) is 30.6 Å². The van der Waals surface area contributed by atoms with Gasteiger partial charge in [-0.3, -0.25) is 0 Å². The standard InChI is InChI=1S/C16H16F3NO2/c17-16(18,19)13-4-2-6-15(8-13)22-10-12(9-20)11-3-1-5-14(21)7-11/h1-8,12,21H,9-10,20H2. The Morgan fingerprint density at radius 3 is 2.45 bits per heavy atom. The zero-order valence-corrected chi connectivity index (χ0v) is 11.7. The smallest absolute Gasteiger partial charge is 0.416 e.